The number of carbonyl (C=O) groups excluding carboxylic acids is 1. The maximum atomic E-state index is 11.5. The molecule has 9 nitrogen and oxygen atoms in total. The van der Waals surface area contributed by atoms with Crippen LogP contribution in [0.5, 0.6) is 0 Å². The summed E-state index contributed by atoms with van der Waals surface area (Å²) in [6, 6.07) is 0. The highest BCUT2D eigenvalue weighted by molar-refractivity contribution is 6.28. The molecule has 2 N–H and O–H groups in total. The molecule has 2 aromatic heterocycles. The molecule has 0 unspecified atom stereocenters. The van der Waals surface area contributed by atoms with Gasteiger partial charge in [0, 0.05) is 26.0 Å². The zero-order valence-electron chi connectivity index (χ0n) is 11.3. The summed E-state index contributed by atoms with van der Waals surface area (Å²) >= 11 is 5.83. The molecule has 1 amide bonds. The topological polar surface area (TPSA) is 107 Å². The molecular weight excluding hydrogens is 298 g/mol. The molecule has 0 aromatic carbocycles. The fraction of sp³-hybridized carbons (Fsp3) is 0.364. The highest BCUT2D eigenvalue weighted by atomic mass is 35.5. The van der Waals surface area contributed by atoms with Crippen LogP contribution >= 0.6 is 11.6 Å². The summed E-state index contributed by atoms with van der Waals surface area (Å²) < 4.78 is 6.41. The Morgan fingerprint density at radius 1 is 1.43 bits per heavy atom. The van der Waals surface area contributed by atoms with Gasteiger partial charge in [0.05, 0.1) is 13.2 Å². The summed E-state index contributed by atoms with van der Waals surface area (Å²) in [6.45, 7) is 0.913. The average Bonchev–Trinajstić information content (AvgIpc) is 2.99. The van der Waals surface area contributed by atoms with Gasteiger partial charge in [-0.05, 0) is 11.6 Å². The van der Waals surface area contributed by atoms with Crippen LogP contribution < -0.4 is 10.6 Å². The Kier molecular flexibility index (Phi) is 5.41. The third-order valence-electron chi connectivity index (χ3n) is 2.37. The minimum absolute atomic E-state index is 0.0213. The maximum absolute atomic E-state index is 11.5. The van der Waals surface area contributed by atoms with Crippen molar-refractivity contribution in [2.75, 3.05) is 32.1 Å². The third kappa shape index (κ3) is 4.65. The molecule has 0 aliphatic heterocycles. The fourth-order valence-electron chi connectivity index (χ4n) is 1.43. The zero-order valence-corrected chi connectivity index (χ0v) is 12.0. The predicted molar refractivity (Wildman–Crippen MR) is 75.3 cm³/mol. The van der Waals surface area contributed by atoms with Crippen LogP contribution in [-0.2, 0) is 9.53 Å². The van der Waals surface area contributed by atoms with Crippen LogP contribution in [0.2, 0.25) is 5.28 Å². The summed E-state index contributed by atoms with van der Waals surface area (Å²) in [5.41, 5.74) is 0. The maximum Gasteiger partial charge on any atom is 0.241 e. The van der Waals surface area contributed by atoms with Crippen molar-refractivity contribution in [3.05, 3.63) is 24.0 Å². The summed E-state index contributed by atoms with van der Waals surface area (Å²) in [7, 11) is 1.56. The first-order chi connectivity index (χ1) is 10.2. The second-order valence-corrected chi connectivity index (χ2v) is 4.23. The molecular formula is C11H14ClN7O2. The van der Waals surface area contributed by atoms with E-state index in [4.69, 9.17) is 16.3 Å². The van der Waals surface area contributed by atoms with Crippen LogP contribution in [0.4, 0.5) is 5.95 Å². The molecule has 0 aliphatic carbocycles. The van der Waals surface area contributed by atoms with Crippen molar-refractivity contribution in [3.63, 3.8) is 0 Å². The molecule has 0 saturated carbocycles. The van der Waals surface area contributed by atoms with Crippen LogP contribution in [0.15, 0.2) is 18.7 Å². The van der Waals surface area contributed by atoms with Gasteiger partial charge >= 0.3 is 0 Å². The number of imidazole rings is 1. The highest BCUT2D eigenvalue weighted by Crippen LogP contribution is 2.08. The number of hydrogen-bond acceptors (Lipinski definition) is 7. The third-order valence-corrected chi connectivity index (χ3v) is 2.54. The number of ether oxygens (including phenoxy) is 1. The van der Waals surface area contributed by atoms with Gasteiger partial charge < -0.3 is 15.4 Å². The SMILES string of the molecule is COCCNC(=O)CNc1nc(Cl)nc(-n2ccnc2)n1. The number of methoxy groups -OCH3 is 1. The number of carbonyl (C=O) groups is 1. The Morgan fingerprint density at radius 3 is 3.00 bits per heavy atom. The lowest BCUT2D eigenvalue weighted by Gasteiger charge is -2.07. The first-order valence-corrected chi connectivity index (χ1v) is 6.46. The van der Waals surface area contributed by atoms with Crippen molar-refractivity contribution in [2.45, 2.75) is 0 Å². The molecule has 21 heavy (non-hydrogen) atoms. The Bertz CT molecular complexity index is 590. The van der Waals surface area contributed by atoms with E-state index in [2.05, 4.69) is 30.6 Å². The standard InChI is InChI=1S/C11H14ClN7O2/c1-21-5-3-14-8(20)6-15-10-16-9(12)17-11(18-10)19-4-2-13-7-19/h2,4,7H,3,5-6H2,1H3,(H,14,20)(H,15,16,17,18). The van der Waals surface area contributed by atoms with Gasteiger partial charge in [-0.3, -0.25) is 9.36 Å². The van der Waals surface area contributed by atoms with E-state index in [9.17, 15) is 4.79 Å². The van der Waals surface area contributed by atoms with E-state index in [-0.39, 0.29) is 23.7 Å². The largest absolute Gasteiger partial charge is 0.383 e. The number of hydrogen-bond donors (Lipinski definition) is 2. The Balaban J connectivity index is 1.96. The predicted octanol–water partition coefficient (Wildman–Crippen LogP) is -0.115. The monoisotopic (exact) mass is 311 g/mol. The van der Waals surface area contributed by atoms with Crippen LogP contribution in [0.3, 0.4) is 0 Å². The van der Waals surface area contributed by atoms with Crippen molar-refractivity contribution in [2.24, 2.45) is 0 Å². The van der Waals surface area contributed by atoms with Crippen LogP contribution in [0.25, 0.3) is 5.95 Å². The number of anilines is 1. The van der Waals surface area contributed by atoms with Crippen LogP contribution in [0.1, 0.15) is 0 Å². The Hall–Kier alpha value is -2.26. The second-order valence-electron chi connectivity index (χ2n) is 3.89. The highest BCUT2D eigenvalue weighted by Gasteiger charge is 2.08. The molecule has 0 bridgehead atoms. The quantitative estimate of drug-likeness (QED) is 0.687. The first kappa shape index (κ1) is 15.1. The van der Waals surface area contributed by atoms with Crippen LogP contribution in [-0.4, -0.2) is 57.2 Å². The number of nitrogens with one attached hydrogen (secondary N) is 2. The lowest BCUT2D eigenvalue weighted by atomic mass is 10.5. The van der Waals surface area contributed by atoms with Gasteiger partial charge in [0.2, 0.25) is 23.1 Å². The number of aromatic nitrogens is 5. The minimum Gasteiger partial charge on any atom is -0.383 e. The van der Waals surface area contributed by atoms with Crippen LogP contribution in [0, 0.1) is 0 Å². The van der Waals surface area contributed by atoms with E-state index in [1.54, 1.807) is 24.1 Å². The van der Waals surface area contributed by atoms with Crippen molar-refractivity contribution in [1.82, 2.24) is 29.8 Å². The molecule has 0 atom stereocenters. The number of amides is 1. The van der Waals surface area contributed by atoms with Gasteiger partial charge in [-0.15, -0.1) is 0 Å². The van der Waals surface area contributed by atoms with E-state index in [0.29, 0.717) is 19.1 Å². The van der Waals surface area contributed by atoms with E-state index in [1.807, 2.05) is 0 Å². The number of halogens is 1. The normalized spacial score (nSPS) is 10.4. The molecule has 2 rings (SSSR count). The van der Waals surface area contributed by atoms with E-state index in [0.717, 1.165) is 0 Å². The number of nitrogens with zero attached hydrogens (tertiary/aromatic N) is 5. The molecule has 0 spiro atoms. The molecule has 0 fully saturated rings. The Morgan fingerprint density at radius 2 is 2.29 bits per heavy atom. The van der Waals surface area contributed by atoms with Gasteiger partial charge in [-0.25, -0.2) is 4.98 Å². The fourth-order valence-corrected chi connectivity index (χ4v) is 1.58. The Labute approximate surface area is 125 Å². The van der Waals surface area contributed by atoms with E-state index in [1.165, 1.54) is 6.33 Å². The molecule has 0 aliphatic rings. The van der Waals surface area contributed by atoms with E-state index < -0.39 is 0 Å². The molecule has 2 aromatic rings. The van der Waals surface area contributed by atoms with Crippen molar-refractivity contribution in [3.8, 4) is 5.95 Å². The second kappa shape index (κ2) is 7.50. The van der Waals surface area contributed by atoms with Crippen molar-refractivity contribution < 1.29 is 9.53 Å². The summed E-state index contributed by atoms with van der Waals surface area (Å²) in [6.07, 6.45) is 4.80. The molecule has 10 heteroatoms. The smallest absolute Gasteiger partial charge is 0.241 e. The number of rotatable bonds is 7. The minimum atomic E-state index is -0.201. The average molecular weight is 312 g/mol. The van der Waals surface area contributed by atoms with Gasteiger partial charge in [-0.1, -0.05) is 0 Å². The lowest BCUT2D eigenvalue weighted by Crippen LogP contribution is -2.32. The van der Waals surface area contributed by atoms with Crippen molar-refractivity contribution >= 4 is 23.5 Å². The van der Waals surface area contributed by atoms with Gasteiger partial charge in [0.15, 0.2) is 0 Å². The van der Waals surface area contributed by atoms with Gasteiger partial charge in [0.25, 0.3) is 0 Å². The molecule has 0 saturated heterocycles. The lowest BCUT2D eigenvalue weighted by molar-refractivity contribution is -0.119. The van der Waals surface area contributed by atoms with Gasteiger partial charge in [0.1, 0.15) is 6.33 Å². The molecule has 0 radical (unpaired) electrons. The zero-order chi connectivity index (χ0) is 15.1. The van der Waals surface area contributed by atoms with E-state index >= 15 is 0 Å². The van der Waals surface area contributed by atoms with Crippen molar-refractivity contribution in [1.29, 1.82) is 0 Å². The van der Waals surface area contributed by atoms with Gasteiger partial charge in [-0.2, -0.15) is 15.0 Å². The first-order valence-electron chi connectivity index (χ1n) is 6.08. The summed E-state index contributed by atoms with van der Waals surface area (Å²) in [5, 5.41) is 5.47. The summed E-state index contributed by atoms with van der Waals surface area (Å²) in [5.74, 6) is 0.322. The molecule has 2 heterocycles. The summed E-state index contributed by atoms with van der Waals surface area (Å²) in [4.78, 5) is 27.5. The molecule has 112 valence electrons.